The van der Waals surface area contributed by atoms with Gasteiger partial charge in [0.15, 0.2) is 5.96 Å². The Morgan fingerprint density at radius 3 is 2.69 bits per heavy atom. The van der Waals surface area contributed by atoms with Gasteiger partial charge in [-0.3, -0.25) is 4.99 Å². The molecule has 158 valence electrons. The highest BCUT2D eigenvalue weighted by Crippen LogP contribution is 2.21. The molecule has 1 aliphatic heterocycles. The van der Waals surface area contributed by atoms with Crippen LogP contribution in [0.5, 0.6) is 0 Å². The fourth-order valence-electron chi connectivity index (χ4n) is 3.37. The molecule has 29 heavy (non-hydrogen) atoms. The first-order valence-electron chi connectivity index (χ1n) is 9.46. The Kier molecular flexibility index (Phi) is 8.36. The van der Waals surface area contributed by atoms with Crippen LogP contribution in [0.3, 0.4) is 0 Å². The van der Waals surface area contributed by atoms with E-state index in [4.69, 9.17) is 9.15 Å². The molecule has 1 aromatic carbocycles. The molecule has 0 spiro atoms. The van der Waals surface area contributed by atoms with Gasteiger partial charge in [-0.15, -0.1) is 24.0 Å². The summed E-state index contributed by atoms with van der Waals surface area (Å²) < 4.78 is 10.4. The molecule has 0 saturated carbocycles. The third-order valence-electron chi connectivity index (χ3n) is 4.96. The number of hydrogen-bond acceptors (Lipinski definition) is 5. The standard InChI is InChI=1S/C21H28N4O3.HI/c1-14-5-7-17(8-6-14)25-10-9-16(13-25)24-21(22-3)23-12-18-11-19(15(2)28-18)20(26)27-4;/h5-8,11,16H,9-10,12-13H2,1-4H3,(H2,22,23,24);1H. The van der Waals surface area contributed by atoms with Gasteiger partial charge in [0.1, 0.15) is 17.1 Å². The summed E-state index contributed by atoms with van der Waals surface area (Å²) in [5, 5.41) is 6.71. The predicted molar refractivity (Wildman–Crippen MR) is 125 cm³/mol. The Hall–Kier alpha value is -2.23. The second kappa shape index (κ2) is 10.5. The van der Waals surface area contributed by atoms with E-state index in [0.29, 0.717) is 35.6 Å². The number of aryl methyl sites for hydroxylation is 2. The van der Waals surface area contributed by atoms with Crippen molar-refractivity contribution in [1.82, 2.24) is 10.6 Å². The summed E-state index contributed by atoms with van der Waals surface area (Å²) in [6.07, 6.45) is 1.04. The van der Waals surface area contributed by atoms with Gasteiger partial charge in [-0.1, -0.05) is 17.7 Å². The van der Waals surface area contributed by atoms with Crippen molar-refractivity contribution < 1.29 is 13.9 Å². The van der Waals surface area contributed by atoms with Gasteiger partial charge < -0.3 is 24.7 Å². The van der Waals surface area contributed by atoms with E-state index in [1.807, 2.05) is 0 Å². The van der Waals surface area contributed by atoms with E-state index in [1.165, 1.54) is 18.4 Å². The van der Waals surface area contributed by atoms with Crippen LogP contribution in [0.2, 0.25) is 0 Å². The maximum Gasteiger partial charge on any atom is 0.341 e. The lowest BCUT2D eigenvalue weighted by atomic mass is 10.2. The number of guanidine groups is 1. The lowest BCUT2D eigenvalue weighted by molar-refractivity contribution is 0.0599. The van der Waals surface area contributed by atoms with Crippen molar-refractivity contribution in [1.29, 1.82) is 0 Å². The second-order valence-corrected chi connectivity index (χ2v) is 7.01. The Bertz CT molecular complexity index is 848. The van der Waals surface area contributed by atoms with E-state index >= 15 is 0 Å². The summed E-state index contributed by atoms with van der Waals surface area (Å²) in [5.74, 6) is 1.53. The zero-order chi connectivity index (χ0) is 20.1. The van der Waals surface area contributed by atoms with Crippen molar-refractivity contribution in [2.75, 3.05) is 32.1 Å². The van der Waals surface area contributed by atoms with Gasteiger partial charge in [0.25, 0.3) is 0 Å². The number of nitrogens with zero attached hydrogens (tertiary/aromatic N) is 2. The van der Waals surface area contributed by atoms with Crippen LogP contribution in [0.1, 0.15) is 33.9 Å². The van der Waals surface area contributed by atoms with Crippen molar-refractivity contribution in [3.8, 4) is 0 Å². The summed E-state index contributed by atoms with van der Waals surface area (Å²) in [6, 6.07) is 10.6. The zero-order valence-electron chi connectivity index (χ0n) is 17.3. The number of esters is 1. The van der Waals surface area contributed by atoms with Crippen LogP contribution in [0.15, 0.2) is 39.7 Å². The van der Waals surface area contributed by atoms with Crippen LogP contribution in [-0.4, -0.2) is 45.2 Å². The summed E-state index contributed by atoms with van der Waals surface area (Å²) in [7, 11) is 3.11. The van der Waals surface area contributed by atoms with E-state index in [2.05, 4.69) is 51.7 Å². The number of hydrogen-bond donors (Lipinski definition) is 2. The van der Waals surface area contributed by atoms with Gasteiger partial charge in [0, 0.05) is 31.9 Å². The fraction of sp³-hybridized carbons (Fsp3) is 0.429. The van der Waals surface area contributed by atoms with Crippen LogP contribution in [0, 0.1) is 13.8 Å². The van der Waals surface area contributed by atoms with E-state index in [9.17, 15) is 4.79 Å². The summed E-state index contributed by atoms with van der Waals surface area (Å²) in [6.45, 7) is 6.23. The molecule has 1 aromatic heterocycles. The molecule has 2 aromatic rings. The number of aliphatic imine (C=N–C) groups is 1. The van der Waals surface area contributed by atoms with Crippen LogP contribution in [-0.2, 0) is 11.3 Å². The topological polar surface area (TPSA) is 79.1 Å². The third-order valence-corrected chi connectivity index (χ3v) is 4.96. The molecule has 2 heterocycles. The van der Waals surface area contributed by atoms with Gasteiger partial charge in [-0.05, 0) is 38.5 Å². The number of ether oxygens (including phenoxy) is 1. The van der Waals surface area contributed by atoms with E-state index in [-0.39, 0.29) is 24.0 Å². The summed E-state index contributed by atoms with van der Waals surface area (Å²) >= 11 is 0. The first-order valence-corrected chi connectivity index (χ1v) is 9.46. The molecule has 7 nitrogen and oxygen atoms in total. The minimum absolute atomic E-state index is 0. The molecule has 1 fully saturated rings. The molecule has 8 heteroatoms. The number of rotatable bonds is 5. The number of methoxy groups -OCH3 is 1. The zero-order valence-corrected chi connectivity index (χ0v) is 19.7. The van der Waals surface area contributed by atoms with Crippen LogP contribution < -0.4 is 15.5 Å². The number of carbonyl (C=O) groups is 1. The minimum atomic E-state index is -0.392. The largest absolute Gasteiger partial charge is 0.465 e. The average Bonchev–Trinajstić information content (AvgIpc) is 3.31. The van der Waals surface area contributed by atoms with Crippen LogP contribution >= 0.6 is 24.0 Å². The second-order valence-electron chi connectivity index (χ2n) is 7.01. The third kappa shape index (κ3) is 5.88. The Morgan fingerprint density at radius 1 is 1.31 bits per heavy atom. The summed E-state index contributed by atoms with van der Waals surface area (Å²) in [5.41, 5.74) is 2.97. The van der Waals surface area contributed by atoms with Crippen molar-refractivity contribution in [2.24, 2.45) is 4.99 Å². The maximum absolute atomic E-state index is 11.7. The number of carbonyl (C=O) groups excluding carboxylic acids is 1. The first-order chi connectivity index (χ1) is 13.5. The Labute approximate surface area is 188 Å². The Balaban J connectivity index is 0.00000300. The molecule has 0 amide bonds. The van der Waals surface area contributed by atoms with Crippen molar-refractivity contribution in [3.05, 3.63) is 53.0 Å². The highest BCUT2D eigenvalue weighted by Gasteiger charge is 2.23. The van der Waals surface area contributed by atoms with Gasteiger partial charge >= 0.3 is 5.97 Å². The van der Waals surface area contributed by atoms with Gasteiger partial charge in [0.05, 0.1) is 13.7 Å². The molecule has 0 radical (unpaired) electrons. The Morgan fingerprint density at radius 2 is 2.03 bits per heavy atom. The van der Waals surface area contributed by atoms with Crippen molar-refractivity contribution in [2.45, 2.75) is 32.9 Å². The molecule has 1 saturated heterocycles. The lowest BCUT2D eigenvalue weighted by Crippen LogP contribution is -2.44. The van der Waals surface area contributed by atoms with Gasteiger partial charge in [-0.2, -0.15) is 0 Å². The number of benzene rings is 1. The molecule has 1 unspecified atom stereocenters. The van der Waals surface area contributed by atoms with Crippen LogP contribution in [0.4, 0.5) is 5.69 Å². The van der Waals surface area contributed by atoms with E-state index in [0.717, 1.165) is 19.5 Å². The molecular weight excluding hydrogens is 483 g/mol. The smallest absolute Gasteiger partial charge is 0.341 e. The highest BCUT2D eigenvalue weighted by molar-refractivity contribution is 14.0. The minimum Gasteiger partial charge on any atom is -0.465 e. The maximum atomic E-state index is 11.7. The molecule has 2 N–H and O–H groups in total. The van der Waals surface area contributed by atoms with Gasteiger partial charge in [0.2, 0.25) is 0 Å². The van der Waals surface area contributed by atoms with Crippen molar-refractivity contribution >= 4 is 41.6 Å². The molecule has 1 aliphatic rings. The first kappa shape index (κ1) is 23.1. The van der Waals surface area contributed by atoms with E-state index < -0.39 is 5.97 Å². The number of anilines is 1. The number of halogens is 1. The lowest BCUT2D eigenvalue weighted by Gasteiger charge is -2.20. The quantitative estimate of drug-likeness (QED) is 0.277. The van der Waals surface area contributed by atoms with Crippen LogP contribution in [0.25, 0.3) is 0 Å². The highest BCUT2D eigenvalue weighted by atomic mass is 127. The predicted octanol–water partition coefficient (Wildman–Crippen LogP) is 3.24. The van der Waals surface area contributed by atoms with Crippen molar-refractivity contribution in [3.63, 3.8) is 0 Å². The molecule has 0 bridgehead atoms. The molecular formula is C21H29IN4O3. The SMILES string of the molecule is CN=C(NCc1cc(C(=O)OC)c(C)o1)NC1CCN(c2ccc(C)cc2)C1.I. The molecule has 0 aliphatic carbocycles. The van der Waals surface area contributed by atoms with Gasteiger partial charge in [-0.25, -0.2) is 4.79 Å². The summed E-state index contributed by atoms with van der Waals surface area (Å²) in [4.78, 5) is 18.4. The number of nitrogens with one attached hydrogen (secondary N) is 2. The average molecular weight is 512 g/mol. The van der Waals surface area contributed by atoms with E-state index in [1.54, 1.807) is 20.0 Å². The normalized spacial score (nSPS) is 16.3. The monoisotopic (exact) mass is 512 g/mol. The number of furan rings is 1. The molecule has 3 rings (SSSR count). The molecule has 1 atom stereocenters. The fourth-order valence-corrected chi connectivity index (χ4v) is 3.37.